The molecule has 0 aromatic heterocycles. The van der Waals surface area contributed by atoms with Crippen LogP contribution in [0.25, 0.3) is 0 Å². The second kappa shape index (κ2) is 7.41. The summed E-state index contributed by atoms with van der Waals surface area (Å²) in [5.74, 6) is -0.116. The van der Waals surface area contributed by atoms with Crippen molar-refractivity contribution in [3.63, 3.8) is 0 Å². The average molecular weight is 238 g/mol. The van der Waals surface area contributed by atoms with E-state index in [4.69, 9.17) is 0 Å². The van der Waals surface area contributed by atoms with E-state index in [0.717, 1.165) is 38.2 Å². The van der Waals surface area contributed by atoms with E-state index in [9.17, 15) is 4.39 Å². The molecule has 0 atom stereocenters. The third-order valence-electron chi connectivity index (χ3n) is 2.92. The van der Waals surface area contributed by atoms with Crippen molar-refractivity contribution in [2.75, 3.05) is 33.2 Å². The first kappa shape index (κ1) is 14.1. The molecular weight excluding hydrogens is 215 g/mol. The van der Waals surface area contributed by atoms with Crippen molar-refractivity contribution in [2.24, 2.45) is 0 Å². The Balaban J connectivity index is 2.31. The van der Waals surface area contributed by atoms with E-state index in [1.165, 1.54) is 5.56 Å². The highest BCUT2D eigenvalue weighted by Gasteiger charge is 2.01. The Hall–Kier alpha value is -0.930. The van der Waals surface area contributed by atoms with Gasteiger partial charge in [0.05, 0.1) is 0 Å². The molecule has 96 valence electrons. The molecule has 3 heteroatoms. The van der Waals surface area contributed by atoms with E-state index >= 15 is 0 Å². The molecular formula is C14H23FN2. The van der Waals surface area contributed by atoms with Crippen molar-refractivity contribution in [3.05, 3.63) is 35.1 Å². The smallest absolute Gasteiger partial charge is 0.126 e. The van der Waals surface area contributed by atoms with E-state index in [0.29, 0.717) is 0 Å². The fourth-order valence-electron chi connectivity index (χ4n) is 1.74. The van der Waals surface area contributed by atoms with Gasteiger partial charge in [-0.05, 0) is 44.1 Å². The Labute approximate surface area is 104 Å². The van der Waals surface area contributed by atoms with Gasteiger partial charge in [0, 0.05) is 19.6 Å². The Morgan fingerprint density at radius 3 is 2.71 bits per heavy atom. The van der Waals surface area contributed by atoms with Crippen molar-refractivity contribution < 1.29 is 4.39 Å². The Kier molecular flexibility index (Phi) is 6.16. The minimum Gasteiger partial charge on any atom is -0.316 e. The Bertz CT molecular complexity index is 339. The van der Waals surface area contributed by atoms with Crippen LogP contribution in [0.1, 0.15) is 18.1 Å². The summed E-state index contributed by atoms with van der Waals surface area (Å²) in [5, 5.41) is 3.30. The van der Waals surface area contributed by atoms with Gasteiger partial charge < -0.3 is 10.2 Å². The normalized spacial score (nSPS) is 11.1. The number of rotatable bonds is 7. The van der Waals surface area contributed by atoms with Crippen LogP contribution in [0.2, 0.25) is 0 Å². The SMILES string of the molecule is CCNCCN(C)CCc1ccc(F)c(C)c1. The monoisotopic (exact) mass is 238 g/mol. The minimum absolute atomic E-state index is 0.116. The van der Waals surface area contributed by atoms with Gasteiger partial charge in [-0.3, -0.25) is 0 Å². The number of halogens is 1. The van der Waals surface area contributed by atoms with Crippen molar-refractivity contribution >= 4 is 0 Å². The number of nitrogens with one attached hydrogen (secondary N) is 1. The lowest BCUT2D eigenvalue weighted by Crippen LogP contribution is -2.30. The van der Waals surface area contributed by atoms with Gasteiger partial charge in [-0.1, -0.05) is 19.1 Å². The maximum atomic E-state index is 13.1. The highest BCUT2D eigenvalue weighted by atomic mass is 19.1. The fourth-order valence-corrected chi connectivity index (χ4v) is 1.74. The largest absolute Gasteiger partial charge is 0.316 e. The van der Waals surface area contributed by atoms with E-state index in [2.05, 4.69) is 24.2 Å². The summed E-state index contributed by atoms with van der Waals surface area (Å²) in [6, 6.07) is 5.37. The number of hydrogen-bond acceptors (Lipinski definition) is 2. The molecule has 0 aliphatic carbocycles. The predicted octanol–water partition coefficient (Wildman–Crippen LogP) is 2.22. The third-order valence-corrected chi connectivity index (χ3v) is 2.92. The molecule has 1 aromatic rings. The molecule has 17 heavy (non-hydrogen) atoms. The molecule has 0 heterocycles. The van der Waals surface area contributed by atoms with Gasteiger partial charge >= 0.3 is 0 Å². The lowest BCUT2D eigenvalue weighted by atomic mass is 10.1. The van der Waals surface area contributed by atoms with Crippen LogP contribution in [-0.4, -0.2) is 38.1 Å². The molecule has 1 aromatic carbocycles. The van der Waals surface area contributed by atoms with E-state index in [1.54, 1.807) is 6.07 Å². The van der Waals surface area contributed by atoms with Gasteiger partial charge in [0.15, 0.2) is 0 Å². The molecule has 0 saturated heterocycles. The first-order valence-electron chi connectivity index (χ1n) is 6.27. The summed E-state index contributed by atoms with van der Waals surface area (Å²) in [6.07, 6.45) is 0.976. The molecule has 1 N–H and O–H groups in total. The van der Waals surface area contributed by atoms with Gasteiger partial charge in [0.1, 0.15) is 5.82 Å². The highest BCUT2D eigenvalue weighted by Crippen LogP contribution is 2.09. The van der Waals surface area contributed by atoms with E-state index in [-0.39, 0.29) is 5.82 Å². The zero-order chi connectivity index (χ0) is 12.7. The van der Waals surface area contributed by atoms with E-state index in [1.807, 2.05) is 19.1 Å². The first-order chi connectivity index (χ1) is 8.13. The molecule has 0 aliphatic heterocycles. The summed E-state index contributed by atoms with van der Waals surface area (Å²) in [7, 11) is 2.12. The van der Waals surface area contributed by atoms with Crippen molar-refractivity contribution in [1.29, 1.82) is 0 Å². The topological polar surface area (TPSA) is 15.3 Å². The summed E-state index contributed by atoms with van der Waals surface area (Å²) in [6.45, 7) is 8.03. The van der Waals surface area contributed by atoms with Crippen molar-refractivity contribution in [1.82, 2.24) is 10.2 Å². The number of nitrogens with zero attached hydrogens (tertiary/aromatic N) is 1. The van der Waals surface area contributed by atoms with Crippen LogP contribution in [0.15, 0.2) is 18.2 Å². The van der Waals surface area contributed by atoms with Gasteiger partial charge in [0.2, 0.25) is 0 Å². The quantitative estimate of drug-likeness (QED) is 0.733. The average Bonchev–Trinajstić information content (AvgIpc) is 2.31. The van der Waals surface area contributed by atoms with Gasteiger partial charge in [-0.25, -0.2) is 4.39 Å². The predicted molar refractivity (Wildman–Crippen MR) is 70.9 cm³/mol. The van der Waals surface area contributed by atoms with Crippen LogP contribution in [0.5, 0.6) is 0 Å². The number of hydrogen-bond donors (Lipinski definition) is 1. The lowest BCUT2D eigenvalue weighted by Gasteiger charge is -2.16. The van der Waals surface area contributed by atoms with Crippen molar-refractivity contribution in [3.8, 4) is 0 Å². The minimum atomic E-state index is -0.116. The Morgan fingerprint density at radius 2 is 2.06 bits per heavy atom. The summed E-state index contributed by atoms with van der Waals surface area (Å²) >= 11 is 0. The number of aryl methyl sites for hydroxylation is 1. The maximum Gasteiger partial charge on any atom is 0.126 e. The van der Waals surface area contributed by atoms with Crippen molar-refractivity contribution in [2.45, 2.75) is 20.3 Å². The molecule has 1 rings (SSSR count). The van der Waals surface area contributed by atoms with Crippen LogP contribution in [-0.2, 0) is 6.42 Å². The number of benzene rings is 1. The maximum absolute atomic E-state index is 13.1. The van der Waals surface area contributed by atoms with Crippen LogP contribution in [0.4, 0.5) is 4.39 Å². The fraction of sp³-hybridized carbons (Fsp3) is 0.571. The summed E-state index contributed by atoms with van der Waals surface area (Å²) in [4.78, 5) is 2.29. The standard InChI is InChI=1S/C14H23FN2/c1-4-16-8-10-17(3)9-7-13-5-6-14(15)12(2)11-13/h5-6,11,16H,4,7-10H2,1-3H3. The van der Waals surface area contributed by atoms with Crippen LogP contribution >= 0.6 is 0 Å². The summed E-state index contributed by atoms with van der Waals surface area (Å²) < 4.78 is 13.1. The molecule has 0 aliphatic rings. The van der Waals surface area contributed by atoms with Crippen LogP contribution < -0.4 is 5.32 Å². The molecule has 0 saturated carbocycles. The van der Waals surface area contributed by atoms with E-state index < -0.39 is 0 Å². The molecule has 0 fully saturated rings. The molecule has 0 spiro atoms. The van der Waals surface area contributed by atoms with Crippen LogP contribution in [0, 0.1) is 12.7 Å². The molecule has 0 bridgehead atoms. The van der Waals surface area contributed by atoms with Gasteiger partial charge in [0.25, 0.3) is 0 Å². The third kappa shape index (κ3) is 5.29. The lowest BCUT2D eigenvalue weighted by molar-refractivity contribution is 0.337. The molecule has 0 amide bonds. The molecule has 0 unspecified atom stereocenters. The second-order valence-electron chi connectivity index (χ2n) is 4.49. The van der Waals surface area contributed by atoms with Crippen LogP contribution in [0.3, 0.4) is 0 Å². The zero-order valence-corrected chi connectivity index (χ0v) is 11.1. The summed E-state index contributed by atoms with van der Waals surface area (Å²) in [5.41, 5.74) is 1.94. The van der Waals surface area contributed by atoms with Gasteiger partial charge in [-0.2, -0.15) is 0 Å². The highest BCUT2D eigenvalue weighted by molar-refractivity contribution is 5.24. The number of likely N-dealkylation sites (N-methyl/N-ethyl adjacent to an activating group) is 2. The zero-order valence-electron chi connectivity index (χ0n) is 11.1. The van der Waals surface area contributed by atoms with Gasteiger partial charge in [-0.15, -0.1) is 0 Å². The molecule has 2 nitrogen and oxygen atoms in total. The first-order valence-corrected chi connectivity index (χ1v) is 6.27. The second-order valence-corrected chi connectivity index (χ2v) is 4.49. The molecule has 0 radical (unpaired) electrons. The Morgan fingerprint density at radius 1 is 1.29 bits per heavy atom.